The van der Waals surface area contributed by atoms with Crippen LogP contribution in [0, 0.1) is 0 Å². The van der Waals surface area contributed by atoms with Crippen LogP contribution in [0.5, 0.6) is 23.0 Å². The van der Waals surface area contributed by atoms with Crippen LogP contribution in [-0.4, -0.2) is 28.4 Å². The second-order valence-electron chi connectivity index (χ2n) is 5.66. The largest absolute Gasteiger partial charge is 0.496 e. The second-order valence-corrected chi connectivity index (χ2v) is 5.66. The van der Waals surface area contributed by atoms with Gasteiger partial charge in [0.25, 0.3) is 0 Å². The Balaban J connectivity index is 2.07. The third-order valence-electron chi connectivity index (χ3n) is 4.18. The minimum absolute atomic E-state index is 0.138. The smallest absolute Gasteiger partial charge is 0.199 e. The van der Waals surface area contributed by atoms with Crippen molar-refractivity contribution in [3.8, 4) is 23.0 Å². The summed E-state index contributed by atoms with van der Waals surface area (Å²) in [6.07, 6.45) is 1.87. The van der Waals surface area contributed by atoms with Crippen LogP contribution in [0.1, 0.15) is 11.1 Å². The zero-order valence-electron chi connectivity index (χ0n) is 15.1. The van der Waals surface area contributed by atoms with Crippen molar-refractivity contribution in [2.24, 2.45) is 0 Å². The van der Waals surface area contributed by atoms with Gasteiger partial charge in [-0.05, 0) is 17.7 Å². The number of rotatable bonds is 6. The molecule has 0 radical (unpaired) electrons. The van der Waals surface area contributed by atoms with Gasteiger partial charge < -0.3 is 23.4 Å². The molecule has 6 nitrogen and oxygen atoms in total. The van der Waals surface area contributed by atoms with Crippen molar-refractivity contribution in [2.45, 2.75) is 6.42 Å². The molecular formula is C20H20O6. The Morgan fingerprint density at radius 3 is 2.23 bits per heavy atom. The fraction of sp³-hybridized carbons (Fsp3) is 0.250. The summed E-state index contributed by atoms with van der Waals surface area (Å²) in [7, 11) is 6.21. The third-order valence-corrected chi connectivity index (χ3v) is 4.18. The number of methoxy groups -OCH3 is 4. The predicted molar refractivity (Wildman–Crippen MR) is 97.9 cm³/mol. The fourth-order valence-corrected chi connectivity index (χ4v) is 2.84. The van der Waals surface area contributed by atoms with Crippen LogP contribution in [0.3, 0.4) is 0 Å². The maximum Gasteiger partial charge on any atom is 0.199 e. The zero-order valence-corrected chi connectivity index (χ0v) is 15.1. The molecular weight excluding hydrogens is 336 g/mol. The molecule has 0 atom stereocenters. The van der Waals surface area contributed by atoms with Gasteiger partial charge in [-0.15, -0.1) is 0 Å². The number of hydrogen-bond acceptors (Lipinski definition) is 6. The Labute approximate surface area is 150 Å². The Morgan fingerprint density at radius 2 is 1.58 bits per heavy atom. The molecule has 0 unspecified atom stereocenters. The summed E-state index contributed by atoms with van der Waals surface area (Å²) in [5.74, 6) is 2.22. The van der Waals surface area contributed by atoms with Gasteiger partial charge in [-0.25, -0.2) is 0 Å². The first-order valence-electron chi connectivity index (χ1n) is 7.98. The monoisotopic (exact) mass is 356 g/mol. The van der Waals surface area contributed by atoms with E-state index in [0.29, 0.717) is 46.0 Å². The molecule has 0 N–H and O–H groups in total. The number of fused-ring (bicyclic) bond motifs is 1. The van der Waals surface area contributed by atoms with Crippen LogP contribution < -0.4 is 24.4 Å². The molecule has 0 fully saturated rings. The van der Waals surface area contributed by atoms with Crippen LogP contribution >= 0.6 is 0 Å². The normalized spacial score (nSPS) is 10.6. The van der Waals surface area contributed by atoms with E-state index in [-0.39, 0.29) is 5.43 Å². The van der Waals surface area contributed by atoms with Gasteiger partial charge in [0, 0.05) is 24.1 Å². The Morgan fingerprint density at radius 1 is 0.846 bits per heavy atom. The second kappa shape index (κ2) is 7.39. The lowest BCUT2D eigenvalue weighted by Crippen LogP contribution is -2.10. The summed E-state index contributed by atoms with van der Waals surface area (Å²) in [4.78, 5) is 13.0. The third kappa shape index (κ3) is 3.18. The predicted octanol–water partition coefficient (Wildman–Crippen LogP) is 3.42. The lowest BCUT2D eigenvalue weighted by Gasteiger charge is -2.11. The highest BCUT2D eigenvalue weighted by atomic mass is 16.5. The topological polar surface area (TPSA) is 67.1 Å². The van der Waals surface area contributed by atoms with Crippen molar-refractivity contribution in [1.29, 1.82) is 0 Å². The molecule has 1 aromatic heterocycles. The molecule has 6 heteroatoms. The van der Waals surface area contributed by atoms with Crippen molar-refractivity contribution >= 4 is 11.0 Å². The van der Waals surface area contributed by atoms with Crippen LogP contribution in [0.15, 0.2) is 45.8 Å². The number of benzene rings is 2. The van der Waals surface area contributed by atoms with Crippen molar-refractivity contribution in [1.82, 2.24) is 0 Å². The molecule has 26 heavy (non-hydrogen) atoms. The van der Waals surface area contributed by atoms with Gasteiger partial charge in [-0.1, -0.05) is 6.07 Å². The lowest BCUT2D eigenvalue weighted by atomic mass is 10.0. The van der Waals surface area contributed by atoms with Crippen LogP contribution in [0.2, 0.25) is 0 Å². The van der Waals surface area contributed by atoms with Crippen LogP contribution in [0.25, 0.3) is 11.0 Å². The minimum Gasteiger partial charge on any atom is -0.496 e. The number of hydrogen-bond donors (Lipinski definition) is 0. The summed E-state index contributed by atoms with van der Waals surface area (Å²) in [5, 5.41) is 0.395. The molecule has 1 heterocycles. The van der Waals surface area contributed by atoms with Gasteiger partial charge in [0.2, 0.25) is 0 Å². The van der Waals surface area contributed by atoms with E-state index in [1.54, 1.807) is 33.5 Å². The molecule has 0 spiro atoms. The standard InChI is InChI=1S/C20H20O6/c1-22-14-9-17(25-4)19-18(10-14)26-11-13(20(19)21)7-12-5-6-15(23-2)16(8-12)24-3/h5-6,8-11H,7H2,1-4H3. The summed E-state index contributed by atoms with van der Waals surface area (Å²) in [5.41, 5.74) is 1.71. The SMILES string of the molecule is COc1cc(OC)c2c(=O)c(Cc3ccc(OC)c(OC)c3)coc2c1. The lowest BCUT2D eigenvalue weighted by molar-refractivity contribution is 0.354. The molecule has 0 amide bonds. The van der Waals surface area contributed by atoms with Gasteiger partial charge in [0.15, 0.2) is 16.9 Å². The highest BCUT2D eigenvalue weighted by Gasteiger charge is 2.15. The molecule has 0 bridgehead atoms. The van der Waals surface area contributed by atoms with Crippen molar-refractivity contribution < 1.29 is 23.4 Å². The van der Waals surface area contributed by atoms with Crippen molar-refractivity contribution in [3.05, 3.63) is 57.9 Å². The summed E-state index contributed by atoms with van der Waals surface area (Å²) in [6, 6.07) is 8.87. The van der Waals surface area contributed by atoms with Crippen LogP contribution in [0.4, 0.5) is 0 Å². The molecule has 0 aliphatic carbocycles. The summed E-state index contributed by atoms with van der Waals surface area (Å²) in [6.45, 7) is 0. The van der Waals surface area contributed by atoms with E-state index in [1.807, 2.05) is 18.2 Å². The molecule has 3 rings (SSSR count). The van der Waals surface area contributed by atoms with Gasteiger partial charge in [0.05, 0.1) is 34.7 Å². The van der Waals surface area contributed by atoms with E-state index in [0.717, 1.165) is 5.56 Å². The molecule has 0 saturated carbocycles. The first kappa shape index (κ1) is 17.7. The maximum atomic E-state index is 13.0. The van der Waals surface area contributed by atoms with E-state index in [4.69, 9.17) is 23.4 Å². The Hall–Kier alpha value is -3.15. The van der Waals surface area contributed by atoms with Gasteiger partial charge >= 0.3 is 0 Å². The van der Waals surface area contributed by atoms with Gasteiger partial charge in [0.1, 0.15) is 22.5 Å². The Kier molecular flexibility index (Phi) is 5.02. The zero-order chi connectivity index (χ0) is 18.7. The molecule has 0 aliphatic rings. The average molecular weight is 356 g/mol. The van der Waals surface area contributed by atoms with Gasteiger partial charge in [-0.2, -0.15) is 0 Å². The van der Waals surface area contributed by atoms with E-state index < -0.39 is 0 Å². The fourth-order valence-electron chi connectivity index (χ4n) is 2.84. The molecule has 3 aromatic rings. The highest BCUT2D eigenvalue weighted by Crippen LogP contribution is 2.31. The first-order valence-corrected chi connectivity index (χ1v) is 7.98. The quantitative estimate of drug-likeness (QED) is 0.674. The van der Waals surface area contributed by atoms with Gasteiger partial charge in [-0.3, -0.25) is 4.79 Å². The Bertz CT molecular complexity index is 989. The van der Waals surface area contributed by atoms with Crippen LogP contribution in [-0.2, 0) is 6.42 Å². The average Bonchev–Trinajstić information content (AvgIpc) is 2.68. The molecule has 0 aliphatic heterocycles. The van der Waals surface area contributed by atoms with E-state index in [9.17, 15) is 4.79 Å². The highest BCUT2D eigenvalue weighted by molar-refractivity contribution is 5.85. The summed E-state index contributed by atoms with van der Waals surface area (Å²) >= 11 is 0. The maximum absolute atomic E-state index is 13.0. The molecule has 0 saturated heterocycles. The minimum atomic E-state index is -0.138. The van der Waals surface area contributed by atoms with E-state index >= 15 is 0 Å². The first-order chi connectivity index (χ1) is 12.6. The summed E-state index contributed by atoms with van der Waals surface area (Å²) < 4.78 is 26.8. The van der Waals surface area contributed by atoms with E-state index in [2.05, 4.69) is 0 Å². The molecule has 136 valence electrons. The van der Waals surface area contributed by atoms with Crippen molar-refractivity contribution in [3.63, 3.8) is 0 Å². The number of ether oxygens (including phenoxy) is 4. The van der Waals surface area contributed by atoms with E-state index in [1.165, 1.54) is 13.4 Å². The molecule has 2 aromatic carbocycles. The van der Waals surface area contributed by atoms with Crippen molar-refractivity contribution in [2.75, 3.05) is 28.4 Å².